The summed E-state index contributed by atoms with van der Waals surface area (Å²) in [5, 5.41) is 8.30. The lowest BCUT2D eigenvalue weighted by Gasteiger charge is -2.30. The number of rotatable bonds is 4. The number of hydrogen-bond acceptors (Lipinski definition) is 5. The van der Waals surface area contributed by atoms with Crippen LogP contribution in [0.25, 0.3) is 0 Å². The van der Waals surface area contributed by atoms with Gasteiger partial charge in [-0.05, 0) is 31.4 Å². The predicted molar refractivity (Wildman–Crippen MR) is 84.6 cm³/mol. The number of nitrogens with zero attached hydrogens (tertiary/aromatic N) is 5. The molecular weight excluding hydrogens is 262 g/mol. The molecule has 0 aliphatic carbocycles. The highest BCUT2D eigenvalue weighted by atomic mass is 15.3. The second-order valence-electron chi connectivity index (χ2n) is 5.23. The van der Waals surface area contributed by atoms with E-state index in [1.165, 1.54) is 11.1 Å². The van der Waals surface area contributed by atoms with Crippen molar-refractivity contribution in [1.29, 1.82) is 0 Å². The SMILES string of the molecule is CCN(CC)c1nncc(N2CCc3ccccc3C2)n1. The van der Waals surface area contributed by atoms with Crippen molar-refractivity contribution < 1.29 is 0 Å². The van der Waals surface area contributed by atoms with Gasteiger partial charge >= 0.3 is 0 Å². The molecule has 0 saturated heterocycles. The Kier molecular flexibility index (Phi) is 3.99. The maximum absolute atomic E-state index is 4.69. The lowest BCUT2D eigenvalue weighted by Crippen LogP contribution is -2.32. The fraction of sp³-hybridized carbons (Fsp3) is 0.438. The smallest absolute Gasteiger partial charge is 0.247 e. The molecule has 5 heteroatoms. The van der Waals surface area contributed by atoms with Crippen molar-refractivity contribution in [1.82, 2.24) is 15.2 Å². The van der Waals surface area contributed by atoms with E-state index in [0.717, 1.165) is 44.4 Å². The van der Waals surface area contributed by atoms with E-state index in [1.807, 2.05) is 0 Å². The molecule has 1 aromatic heterocycles. The highest BCUT2D eigenvalue weighted by molar-refractivity contribution is 5.45. The Labute approximate surface area is 125 Å². The van der Waals surface area contributed by atoms with Crippen molar-refractivity contribution in [2.75, 3.05) is 29.4 Å². The van der Waals surface area contributed by atoms with Gasteiger partial charge in [-0.3, -0.25) is 0 Å². The minimum Gasteiger partial charge on any atom is -0.350 e. The topological polar surface area (TPSA) is 45.2 Å². The van der Waals surface area contributed by atoms with Crippen LogP contribution in [0, 0.1) is 0 Å². The summed E-state index contributed by atoms with van der Waals surface area (Å²) in [5.41, 5.74) is 2.83. The normalized spacial score (nSPS) is 13.9. The number of anilines is 2. The molecule has 1 aliphatic rings. The molecule has 0 fully saturated rings. The van der Waals surface area contributed by atoms with Crippen LogP contribution in [0.5, 0.6) is 0 Å². The van der Waals surface area contributed by atoms with E-state index in [1.54, 1.807) is 6.20 Å². The molecule has 0 radical (unpaired) electrons. The number of hydrogen-bond donors (Lipinski definition) is 0. The van der Waals surface area contributed by atoms with E-state index in [9.17, 15) is 0 Å². The number of aromatic nitrogens is 3. The van der Waals surface area contributed by atoms with Crippen molar-refractivity contribution in [3.8, 4) is 0 Å². The molecule has 0 N–H and O–H groups in total. The molecule has 0 amide bonds. The Morgan fingerprint density at radius 1 is 1.14 bits per heavy atom. The zero-order valence-corrected chi connectivity index (χ0v) is 12.7. The third kappa shape index (κ3) is 2.82. The molecule has 3 rings (SSSR count). The fourth-order valence-corrected chi connectivity index (χ4v) is 2.77. The molecule has 2 heterocycles. The predicted octanol–water partition coefficient (Wildman–Crippen LogP) is 2.28. The third-order valence-corrected chi connectivity index (χ3v) is 4.04. The van der Waals surface area contributed by atoms with Gasteiger partial charge in [0.2, 0.25) is 5.95 Å². The third-order valence-electron chi connectivity index (χ3n) is 4.04. The van der Waals surface area contributed by atoms with Crippen LogP contribution < -0.4 is 9.80 Å². The van der Waals surface area contributed by atoms with Crippen molar-refractivity contribution in [3.63, 3.8) is 0 Å². The first-order chi connectivity index (χ1) is 10.3. The Morgan fingerprint density at radius 2 is 1.90 bits per heavy atom. The molecular formula is C16H21N5. The molecule has 1 aromatic carbocycles. The van der Waals surface area contributed by atoms with E-state index < -0.39 is 0 Å². The largest absolute Gasteiger partial charge is 0.350 e. The quantitative estimate of drug-likeness (QED) is 0.861. The first-order valence-electron chi connectivity index (χ1n) is 7.58. The highest BCUT2D eigenvalue weighted by Gasteiger charge is 2.18. The van der Waals surface area contributed by atoms with Crippen LogP contribution in [0.1, 0.15) is 25.0 Å². The molecule has 0 saturated carbocycles. The standard InChI is InChI=1S/C16H21N5/c1-3-20(4-2)16-18-15(11-17-19-16)21-10-9-13-7-5-6-8-14(13)12-21/h5-8,11H,3-4,9-10,12H2,1-2H3. The van der Waals surface area contributed by atoms with E-state index in [4.69, 9.17) is 0 Å². The Bertz CT molecular complexity index is 609. The van der Waals surface area contributed by atoms with Gasteiger partial charge in [-0.25, -0.2) is 0 Å². The van der Waals surface area contributed by atoms with Crippen LogP contribution >= 0.6 is 0 Å². The molecule has 0 unspecified atom stereocenters. The van der Waals surface area contributed by atoms with Crippen LogP contribution in [-0.2, 0) is 13.0 Å². The molecule has 0 atom stereocenters. The first kappa shape index (κ1) is 13.8. The van der Waals surface area contributed by atoms with Crippen molar-refractivity contribution in [2.24, 2.45) is 0 Å². The van der Waals surface area contributed by atoms with Crippen molar-refractivity contribution in [2.45, 2.75) is 26.8 Å². The van der Waals surface area contributed by atoms with E-state index in [2.05, 4.69) is 63.1 Å². The van der Waals surface area contributed by atoms with Gasteiger partial charge in [0.15, 0.2) is 5.82 Å². The lowest BCUT2D eigenvalue weighted by atomic mass is 10.0. The Hall–Kier alpha value is -2.17. The van der Waals surface area contributed by atoms with Gasteiger partial charge in [0.1, 0.15) is 0 Å². The summed E-state index contributed by atoms with van der Waals surface area (Å²) in [6.07, 6.45) is 2.82. The van der Waals surface area contributed by atoms with E-state index in [0.29, 0.717) is 0 Å². The van der Waals surface area contributed by atoms with Crippen LogP contribution in [-0.4, -0.2) is 34.8 Å². The van der Waals surface area contributed by atoms with Crippen LogP contribution in [0.4, 0.5) is 11.8 Å². The van der Waals surface area contributed by atoms with Gasteiger partial charge < -0.3 is 9.80 Å². The van der Waals surface area contributed by atoms with Crippen LogP contribution in [0.15, 0.2) is 30.5 Å². The maximum Gasteiger partial charge on any atom is 0.247 e. The summed E-state index contributed by atoms with van der Waals surface area (Å²) in [7, 11) is 0. The average molecular weight is 283 g/mol. The summed E-state index contributed by atoms with van der Waals surface area (Å²) >= 11 is 0. The number of fused-ring (bicyclic) bond motifs is 1. The lowest BCUT2D eigenvalue weighted by molar-refractivity contribution is 0.706. The fourth-order valence-electron chi connectivity index (χ4n) is 2.77. The van der Waals surface area contributed by atoms with Gasteiger partial charge in [0.25, 0.3) is 0 Å². The van der Waals surface area contributed by atoms with E-state index in [-0.39, 0.29) is 0 Å². The maximum atomic E-state index is 4.69. The zero-order valence-electron chi connectivity index (χ0n) is 12.7. The Morgan fingerprint density at radius 3 is 2.67 bits per heavy atom. The second kappa shape index (κ2) is 6.08. The highest BCUT2D eigenvalue weighted by Crippen LogP contribution is 2.23. The van der Waals surface area contributed by atoms with Crippen molar-refractivity contribution >= 4 is 11.8 Å². The molecule has 0 spiro atoms. The number of benzene rings is 1. The summed E-state index contributed by atoms with van der Waals surface area (Å²) in [4.78, 5) is 9.09. The van der Waals surface area contributed by atoms with E-state index >= 15 is 0 Å². The van der Waals surface area contributed by atoms with Gasteiger partial charge in [0.05, 0.1) is 6.20 Å². The monoisotopic (exact) mass is 283 g/mol. The summed E-state index contributed by atoms with van der Waals surface area (Å²) in [5.74, 6) is 1.64. The molecule has 1 aliphatic heterocycles. The summed E-state index contributed by atoms with van der Waals surface area (Å²) < 4.78 is 0. The van der Waals surface area contributed by atoms with Gasteiger partial charge in [-0.1, -0.05) is 24.3 Å². The van der Waals surface area contributed by atoms with Gasteiger partial charge in [-0.15, -0.1) is 5.10 Å². The van der Waals surface area contributed by atoms with Gasteiger partial charge in [-0.2, -0.15) is 10.1 Å². The van der Waals surface area contributed by atoms with Crippen LogP contribution in [0.2, 0.25) is 0 Å². The first-order valence-corrected chi connectivity index (χ1v) is 7.58. The second-order valence-corrected chi connectivity index (χ2v) is 5.23. The summed E-state index contributed by atoms with van der Waals surface area (Å²) in [6.45, 7) is 7.88. The molecule has 21 heavy (non-hydrogen) atoms. The van der Waals surface area contributed by atoms with Crippen molar-refractivity contribution in [3.05, 3.63) is 41.6 Å². The molecule has 5 nitrogen and oxygen atoms in total. The van der Waals surface area contributed by atoms with Crippen LogP contribution in [0.3, 0.4) is 0 Å². The molecule has 0 bridgehead atoms. The zero-order chi connectivity index (χ0) is 14.7. The minimum absolute atomic E-state index is 0.719. The van der Waals surface area contributed by atoms with Gasteiger partial charge in [0, 0.05) is 26.2 Å². The Balaban J connectivity index is 1.84. The minimum atomic E-state index is 0.719. The summed E-state index contributed by atoms with van der Waals surface area (Å²) in [6, 6.07) is 8.62. The molecule has 2 aromatic rings. The molecule has 110 valence electrons. The average Bonchev–Trinajstić information content (AvgIpc) is 2.56.